The number of benzene rings is 3. The third kappa shape index (κ3) is 4.17. The van der Waals surface area contributed by atoms with Crippen molar-refractivity contribution in [2.45, 2.75) is 40.5 Å². The van der Waals surface area contributed by atoms with Crippen molar-refractivity contribution in [3.8, 4) is 16.8 Å². The van der Waals surface area contributed by atoms with Crippen LogP contribution in [0.1, 0.15) is 61.4 Å². The van der Waals surface area contributed by atoms with Gasteiger partial charge in [-0.3, -0.25) is 4.79 Å². The predicted molar refractivity (Wildman–Crippen MR) is 148 cm³/mol. The van der Waals surface area contributed by atoms with Gasteiger partial charge in [-0.25, -0.2) is 9.18 Å². The summed E-state index contributed by atoms with van der Waals surface area (Å²) in [7, 11) is 0. The molecular weight excluding hydrogens is 505 g/mol. The number of aromatic nitrogens is 3. The lowest BCUT2D eigenvalue weighted by Gasteiger charge is -2.16. The van der Waals surface area contributed by atoms with Crippen LogP contribution in [0, 0.1) is 11.2 Å². The Labute approximate surface area is 224 Å². The van der Waals surface area contributed by atoms with Crippen molar-refractivity contribution in [1.82, 2.24) is 14.3 Å². The smallest absolute Gasteiger partial charge is 0.335 e. The number of carboxylic acids is 1. The van der Waals surface area contributed by atoms with Crippen LogP contribution in [0.4, 0.5) is 4.39 Å². The Hall–Kier alpha value is -3.97. The minimum absolute atomic E-state index is 0.00786. The van der Waals surface area contributed by atoms with Gasteiger partial charge < -0.3 is 9.67 Å². The van der Waals surface area contributed by atoms with Crippen LogP contribution >= 0.6 is 11.6 Å². The summed E-state index contributed by atoms with van der Waals surface area (Å²) >= 11 is 6.71. The molecule has 0 aliphatic heterocycles. The van der Waals surface area contributed by atoms with E-state index in [4.69, 9.17) is 11.6 Å². The first-order valence-corrected chi connectivity index (χ1v) is 12.7. The van der Waals surface area contributed by atoms with Crippen molar-refractivity contribution in [3.05, 3.63) is 82.9 Å². The van der Waals surface area contributed by atoms with Gasteiger partial charge in [-0.15, -0.1) is 0 Å². The van der Waals surface area contributed by atoms with Gasteiger partial charge >= 0.3 is 5.97 Å². The monoisotopic (exact) mass is 531 g/mol. The summed E-state index contributed by atoms with van der Waals surface area (Å²) in [5.74, 6) is -1.54. The minimum atomic E-state index is -1.07. The van der Waals surface area contributed by atoms with E-state index >= 15 is 0 Å². The first-order chi connectivity index (χ1) is 17.9. The molecule has 2 aromatic heterocycles. The number of halogens is 2. The van der Waals surface area contributed by atoms with Gasteiger partial charge in [-0.05, 0) is 54.4 Å². The van der Waals surface area contributed by atoms with Gasteiger partial charge in [0.15, 0.2) is 0 Å². The van der Waals surface area contributed by atoms with Crippen molar-refractivity contribution in [1.29, 1.82) is 0 Å². The number of fused-ring (bicyclic) bond motifs is 2. The molecule has 194 valence electrons. The molecule has 0 radical (unpaired) electrons. The maximum atomic E-state index is 13.9. The number of aromatic carboxylic acids is 1. The van der Waals surface area contributed by atoms with E-state index in [9.17, 15) is 19.1 Å². The molecule has 1 N–H and O–H groups in total. The molecule has 8 heteroatoms. The van der Waals surface area contributed by atoms with Crippen LogP contribution in [0.2, 0.25) is 5.02 Å². The van der Waals surface area contributed by atoms with Gasteiger partial charge in [0.2, 0.25) is 0 Å². The number of rotatable bonds is 4. The molecule has 2 heterocycles. The predicted octanol–water partition coefficient (Wildman–Crippen LogP) is 7.95. The zero-order chi connectivity index (χ0) is 27.5. The second kappa shape index (κ2) is 9.10. The van der Waals surface area contributed by atoms with Crippen LogP contribution in [0.25, 0.3) is 38.6 Å². The van der Waals surface area contributed by atoms with Gasteiger partial charge in [0, 0.05) is 43.7 Å². The molecule has 3 aromatic carbocycles. The molecule has 0 unspecified atom stereocenters. The molecule has 0 saturated heterocycles. The van der Waals surface area contributed by atoms with Crippen molar-refractivity contribution in [2.75, 3.05) is 0 Å². The first kappa shape index (κ1) is 25.7. The van der Waals surface area contributed by atoms with E-state index in [0.29, 0.717) is 16.1 Å². The lowest BCUT2D eigenvalue weighted by molar-refractivity contribution is 0.0696. The Balaban J connectivity index is 1.93. The van der Waals surface area contributed by atoms with E-state index in [1.54, 1.807) is 24.4 Å². The number of carbonyl (C=O) groups is 2. The standard InChI is InChI=1S/C30H27ClFN3O3/c1-16(2)27-26(21-11-6-17(28(36)37)12-23(21)31)22-14-24-18(15-33-35(24)29(38)30(3,4)5)13-25(22)34(27)20-9-7-19(32)8-10-20/h6-16H,1-5H3,(H,36,37). The third-order valence-electron chi connectivity index (χ3n) is 6.64. The number of nitrogens with zero attached hydrogens (tertiary/aromatic N) is 3. The average molecular weight is 532 g/mol. The van der Waals surface area contributed by atoms with Gasteiger partial charge in [0.1, 0.15) is 5.82 Å². The molecule has 0 spiro atoms. The lowest BCUT2D eigenvalue weighted by Crippen LogP contribution is -2.27. The van der Waals surface area contributed by atoms with Gasteiger partial charge in [-0.2, -0.15) is 9.78 Å². The summed E-state index contributed by atoms with van der Waals surface area (Å²) in [6.45, 7) is 9.65. The summed E-state index contributed by atoms with van der Waals surface area (Å²) < 4.78 is 17.4. The van der Waals surface area contributed by atoms with Crippen LogP contribution in [0.5, 0.6) is 0 Å². The fraction of sp³-hybridized carbons (Fsp3) is 0.233. The van der Waals surface area contributed by atoms with E-state index in [1.165, 1.54) is 28.9 Å². The van der Waals surface area contributed by atoms with Gasteiger partial charge in [0.25, 0.3) is 5.91 Å². The molecule has 5 rings (SSSR count). The molecule has 0 aliphatic carbocycles. The molecule has 38 heavy (non-hydrogen) atoms. The number of carboxylic acid groups (broad SMARTS) is 1. The Morgan fingerprint density at radius 2 is 1.68 bits per heavy atom. The maximum absolute atomic E-state index is 13.9. The van der Waals surface area contributed by atoms with Crippen LogP contribution in [-0.4, -0.2) is 31.3 Å². The molecule has 0 atom stereocenters. The largest absolute Gasteiger partial charge is 0.478 e. The van der Waals surface area contributed by atoms with Crippen molar-refractivity contribution in [2.24, 2.45) is 5.41 Å². The fourth-order valence-corrected chi connectivity index (χ4v) is 5.13. The van der Waals surface area contributed by atoms with E-state index in [-0.39, 0.29) is 23.2 Å². The molecule has 0 aliphatic rings. The Morgan fingerprint density at radius 1 is 1.00 bits per heavy atom. The zero-order valence-electron chi connectivity index (χ0n) is 21.7. The highest BCUT2D eigenvalue weighted by atomic mass is 35.5. The highest BCUT2D eigenvalue weighted by molar-refractivity contribution is 6.34. The minimum Gasteiger partial charge on any atom is -0.478 e. The normalized spacial score (nSPS) is 12.1. The van der Waals surface area contributed by atoms with Crippen LogP contribution in [-0.2, 0) is 0 Å². The van der Waals surface area contributed by atoms with Crippen LogP contribution < -0.4 is 0 Å². The highest BCUT2D eigenvalue weighted by Gasteiger charge is 2.28. The topological polar surface area (TPSA) is 77.1 Å². The zero-order valence-corrected chi connectivity index (χ0v) is 22.5. The Morgan fingerprint density at radius 3 is 2.26 bits per heavy atom. The van der Waals surface area contributed by atoms with E-state index in [0.717, 1.165) is 33.2 Å². The average Bonchev–Trinajstić information content (AvgIpc) is 3.40. The van der Waals surface area contributed by atoms with E-state index < -0.39 is 11.4 Å². The quantitative estimate of drug-likeness (QED) is 0.255. The maximum Gasteiger partial charge on any atom is 0.335 e. The fourth-order valence-electron chi connectivity index (χ4n) is 4.86. The Bertz CT molecular complexity index is 1740. The summed E-state index contributed by atoms with van der Waals surface area (Å²) in [5, 5.41) is 15.8. The summed E-state index contributed by atoms with van der Waals surface area (Å²) in [5.41, 5.74) is 4.11. The van der Waals surface area contributed by atoms with E-state index in [2.05, 4.69) is 23.5 Å². The summed E-state index contributed by atoms with van der Waals surface area (Å²) in [4.78, 5) is 24.8. The highest BCUT2D eigenvalue weighted by Crippen LogP contribution is 2.44. The number of carbonyl (C=O) groups excluding carboxylic acids is 1. The van der Waals surface area contributed by atoms with Crippen LogP contribution in [0.3, 0.4) is 0 Å². The number of hydrogen-bond acceptors (Lipinski definition) is 3. The van der Waals surface area contributed by atoms with Crippen molar-refractivity contribution < 1.29 is 19.1 Å². The Kier molecular flexibility index (Phi) is 6.15. The molecule has 0 saturated carbocycles. The molecule has 0 fully saturated rings. The van der Waals surface area contributed by atoms with Gasteiger partial charge in [-0.1, -0.05) is 52.3 Å². The van der Waals surface area contributed by atoms with Crippen molar-refractivity contribution in [3.63, 3.8) is 0 Å². The SMILES string of the molecule is CC(C)c1c(-c2ccc(C(=O)O)cc2Cl)c2cc3c(cnn3C(=O)C(C)(C)C)cc2n1-c1ccc(F)cc1. The number of hydrogen-bond donors (Lipinski definition) is 1. The lowest BCUT2D eigenvalue weighted by atomic mass is 9.95. The van der Waals surface area contributed by atoms with Gasteiger partial charge in [0.05, 0.1) is 22.8 Å². The van der Waals surface area contributed by atoms with Crippen molar-refractivity contribution >= 4 is 45.3 Å². The molecule has 0 amide bonds. The summed E-state index contributed by atoms with van der Waals surface area (Å²) in [6, 6.07) is 14.9. The molecule has 6 nitrogen and oxygen atoms in total. The second-order valence-electron chi connectivity index (χ2n) is 10.8. The molecule has 0 bridgehead atoms. The molecular formula is C30H27ClFN3O3. The van der Waals surface area contributed by atoms with Crippen LogP contribution in [0.15, 0.2) is 60.8 Å². The third-order valence-corrected chi connectivity index (χ3v) is 6.96. The first-order valence-electron chi connectivity index (χ1n) is 12.3. The van der Waals surface area contributed by atoms with E-state index in [1.807, 2.05) is 32.9 Å². The summed E-state index contributed by atoms with van der Waals surface area (Å²) in [6.07, 6.45) is 1.67. The molecule has 5 aromatic rings. The second-order valence-corrected chi connectivity index (χ2v) is 11.2.